The topological polar surface area (TPSA) is 91.5 Å². The van der Waals surface area contributed by atoms with E-state index in [9.17, 15) is 9.59 Å². The van der Waals surface area contributed by atoms with Crippen LogP contribution in [0.3, 0.4) is 0 Å². The van der Waals surface area contributed by atoms with E-state index in [1.165, 1.54) is 0 Å². The molecule has 0 atom stereocenters. The Kier molecular flexibility index (Phi) is 7.88. The molecule has 34 heavy (non-hydrogen) atoms. The van der Waals surface area contributed by atoms with E-state index in [1.54, 1.807) is 13.8 Å². The van der Waals surface area contributed by atoms with Crippen molar-refractivity contribution in [3.05, 3.63) is 48.0 Å². The van der Waals surface area contributed by atoms with E-state index in [1.807, 2.05) is 0 Å². The standard InChI is InChI=1S/C28H34N4O2/c1-19(33)9-5-3-7-11-27-29-23-15-13-21(17-25(23)31-27)22-14-16-24-26(18-22)32-28(30-24)12-8-4-6-10-20(2)34/h13-18H,3-12H2,1-2H3,(H,29,31)(H,30,32). The number of ketones is 2. The van der Waals surface area contributed by atoms with Crippen molar-refractivity contribution in [2.24, 2.45) is 0 Å². The molecule has 0 unspecified atom stereocenters. The summed E-state index contributed by atoms with van der Waals surface area (Å²) in [5.74, 6) is 2.54. The minimum atomic E-state index is 0.266. The fourth-order valence-corrected chi connectivity index (χ4v) is 4.41. The van der Waals surface area contributed by atoms with Crippen molar-refractivity contribution in [1.29, 1.82) is 0 Å². The number of nitrogens with one attached hydrogen (secondary N) is 2. The van der Waals surface area contributed by atoms with Gasteiger partial charge in [0.1, 0.15) is 23.2 Å². The summed E-state index contributed by atoms with van der Waals surface area (Å²) < 4.78 is 0. The summed E-state index contributed by atoms with van der Waals surface area (Å²) in [6, 6.07) is 12.7. The van der Waals surface area contributed by atoms with Crippen LogP contribution in [0.5, 0.6) is 0 Å². The summed E-state index contributed by atoms with van der Waals surface area (Å²) in [6.45, 7) is 3.31. The van der Waals surface area contributed by atoms with E-state index in [0.29, 0.717) is 12.8 Å². The highest BCUT2D eigenvalue weighted by Gasteiger charge is 2.08. The van der Waals surface area contributed by atoms with Crippen molar-refractivity contribution in [1.82, 2.24) is 19.9 Å². The van der Waals surface area contributed by atoms with Crippen LogP contribution < -0.4 is 0 Å². The number of Topliss-reactive ketones (excluding diaryl/α,β-unsaturated/α-hetero) is 2. The van der Waals surface area contributed by atoms with Crippen LogP contribution in [0.1, 0.15) is 76.9 Å². The number of unbranched alkanes of at least 4 members (excludes halogenated alkanes) is 4. The Labute approximate surface area is 200 Å². The molecule has 0 aliphatic heterocycles. The van der Waals surface area contributed by atoms with Crippen LogP contribution >= 0.6 is 0 Å². The normalized spacial score (nSPS) is 11.5. The van der Waals surface area contributed by atoms with Crippen molar-refractivity contribution in [3.63, 3.8) is 0 Å². The number of nitrogens with zero attached hydrogens (tertiary/aromatic N) is 2. The second-order valence-electron chi connectivity index (χ2n) is 9.36. The molecule has 0 radical (unpaired) electrons. The Bertz CT molecular complexity index is 1180. The number of hydrogen-bond acceptors (Lipinski definition) is 4. The molecular formula is C28H34N4O2. The van der Waals surface area contributed by atoms with Gasteiger partial charge in [0.05, 0.1) is 22.1 Å². The molecule has 4 rings (SSSR count). The van der Waals surface area contributed by atoms with Crippen molar-refractivity contribution < 1.29 is 9.59 Å². The van der Waals surface area contributed by atoms with Crippen LogP contribution in [0.25, 0.3) is 33.2 Å². The van der Waals surface area contributed by atoms with Gasteiger partial charge in [-0.2, -0.15) is 0 Å². The third kappa shape index (κ3) is 6.40. The number of aryl methyl sites for hydroxylation is 2. The van der Waals surface area contributed by atoms with Gasteiger partial charge in [-0.25, -0.2) is 9.97 Å². The van der Waals surface area contributed by atoms with Gasteiger partial charge in [-0.3, -0.25) is 0 Å². The molecule has 2 N–H and O–H groups in total. The fourth-order valence-electron chi connectivity index (χ4n) is 4.41. The number of benzene rings is 2. The largest absolute Gasteiger partial charge is 0.342 e. The Hall–Kier alpha value is -3.28. The lowest BCUT2D eigenvalue weighted by Gasteiger charge is -2.01. The van der Waals surface area contributed by atoms with E-state index in [2.05, 4.69) is 46.4 Å². The quantitative estimate of drug-likeness (QED) is 0.224. The smallest absolute Gasteiger partial charge is 0.129 e. The van der Waals surface area contributed by atoms with Crippen molar-refractivity contribution >= 4 is 33.6 Å². The molecule has 0 saturated heterocycles. The summed E-state index contributed by atoms with van der Waals surface area (Å²) in [7, 11) is 0. The zero-order valence-electron chi connectivity index (χ0n) is 20.2. The number of carbonyl (C=O) groups is 2. The highest BCUT2D eigenvalue weighted by atomic mass is 16.1. The Morgan fingerprint density at radius 2 is 1.09 bits per heavy atom. The van der Waals surface area contributed by atoms with Crippen LogP contribution in [-0.2, 0) is 22.4 Å². The minimum absolute atomic E-state index is 0.266. The van der Waals surface area contributed by atoms with Crippen LogP contribution in [0, 0.1) is 0 Å². The molecule has 4 aromatic rings. The Morgan fingerprint density at radius 3 is 1.50 bits per heavy atom. The third-order valence-electron chi connectivity index (χ3n) is 6.28. The van der Waals surface area contributed by atoms with Gasteiger partial charge in [0.15, 0.2) is 0 Å². The third-order valence-corrected chi connectivity index (χ3v) is 6.28. The molecule has 6 nitrogen and oxygen atoms in total. The zero-order chi connectivity index (χ0) is 23.9. The molecule has 6 heteroatoms. The van der Waals surface area contributed by atoms with Gasteiger partial charge in [0.2, 0.25) is 0 Å². The Balaban J connectivity index is 1.39. The monoisotopic (exact) mass is 458 g/mol. The summed E-state index contributed by atoms with van der Waals surface area (Å²) in [5, 5.41) is 0. The molecule has 0 spiro atoms. The summed E-state index contributed by atoms with van der Waals surface area (Å²) in [5.41, 5.74) is 6.35. The van der Waals surface area contributed by atoms with E-state index in [0.717, 1.165) is 96.2 Å². The lowest BCUT2D eigenvalue weighted by atomic mass is 10.0. The molecular weight excluding hydrogens is 424 g/mol. The van der Waals surface area contributed by atoms with E-state index in [4.69, 9.17) is 9.97 Å². The summed E-state index contributed by atoms with van der Waals surface area (Å²) in [6.07, 6.45) is 9.23. The van der Waals surface area contributed by atoms with Crippen molar-refractivity contribution in [3.8, 4) is 11.1 Å². The van der Waals surface area contributed by atoms with Gasteiger partial charge < -0.3 is 19.6 Å². The van der Waals surface area contributed by atoms with Gasteiger partial charge in [0.25, 0.3) is 0 Å². The lowest BCUT2D eigenvalue weighted by Crippen LogP contribution is -1.92. The van der Waals surface area contributed by atoms with Gasteiger partial charge in [-0.15, -0.1) is 0 Å². The first-order chi connectivity index (χ1) is 16.5. The minimum Gasteiger partial charge on any atom is -0.342 e. The number of carbonyl (C=O) groups excluding carboxylic acids is 2. The van der Waals surface area contributed by atoms with E-state index in [-0.39, 0.29) is 11.6 Å². The maximum atomic E-state index is 11.1. The molecule has 0 aliphatic carbocycles. The number of imidazole rings is 2. The predicted molar refractivity (Wildman–Crippen MR) is 137 cm³/mol. The second-order valence-corrected chi connectivity index (χ2v) is 9.36. The van der Waals surface area contributed by atoms with Crippen molar-refractivity contribution in [2.45, 2.75) is 78.1 Å². The molecule has 178 valence electrons. The number of hydrogen-bond donors (Lipinski definition) is 2. The highest BCUT2D eigenvalue weighted by Crippen LogP contribution is 2.27. The highest BCUT2D eigenvalue weighted by molar-refractivity contribution is 5.86. The number of fused-ring (bicyclic) bond motifs is 2. The molecule has 0 bridgehead atoms. The molecule has 2 aromatic carbocycles. The maximum absolute atomic E-state index is 11.1. The summed E-state index contributed by atoms with van der Waals surface area (Å²) >= 11 is 0. The second kappa shape index (κ2) is 11.2. The lowest BCUT2D eigenvalue weighted by molar-refractivity contribution is -0.117. The fraction of sp³-hybridized carbons (Fsp3) is 0.429. The van der Waals surface area contributed by atoms with Gasteiger partial charge in [-0.1, -0.05) is 25.0 Å². The molecule has 0 fully saturated rings. The first-order valence-electron chi connectivity index (χ1n) is 12.4. The molecule has 0 aliphatic rings. The molecule has 0 amide bonds. The Morgan fingerprint density at radius 1 is 0.647 bits per heavy atom. The van der Waals surface area contributed by atoms with E-state index >= 15 is 0 Å². The van der Waals surface area contributed by atoms with Crippen LogP contribution in [0.4, 0.5) is 0 Å². The molecule has 2 aromatic heterocycles. The number of rotatable bonds is 13. The SMILES string of the molecule is CC(=O)CCCCCc1nc2ccc(-c3ccc4nc(CCCCCC(C)=O)[nH]c4c3)cc2[nH]1. The zero-order valence-corrected chi connectivity index (χ0v) is 20.2. The van der Waals surface area contributed by atoms with Crippen LogP contribution in [0.15, 0.2) is 36.4 Å². The van der Waals surface area contributed by atoms with Gasteiger partial charge in [-0.05, 0) is 74.9 Å². The average Bonchev–Trinajstić information content (AvgIpc) is 3.40. The van der Waals surface area contributed by atoms with Gasteiger partial charge >= 0.3 is 0 Å². The molecule has 0 saturated carbocycles. The number of aromatic amines is 2. The maximum Gasteiger partial charge on any atom is 0.129 e. The number of aromatic nitrogens is 4. The predicted octanol–water partition coefficient (Wildman–Crippen LogP) is 6.49. The van der Waals surface area contributed by atoms with E-state index < -0.39 is 0 Å². The first kappa shape index (κ1) is 23.9. The van der Waals surface area contributed by atoms with Crippen LogP contribution in [0.2, 0.25) is 0 Å². The van der Waals surface area contributed by atoms with Crippen LogP contribution in [-0.4, -0.2) is 31.5 Å². The van der Waals surface area contributed by atoms with Gasteiger partial charge in [0, 0.05) is 25.7 Å². The average molecular weight is 459 g/mol. The summed E-state index contributed by atoms with van der Waals surface area (Å²) in [4.78, 5) is 38.5. The molecule has 2 heterocycles. The van der Waals surface area contributed by atoms with Crippen molar-refractivity contribution in [2.75, 3.05) is 0 Å². The first-order valence-corrected chi connectivity index (χ1v) is 12.4. The number of H-pyrrole nitrogens is 2.